The lowest BCUT2D eigenvalue weighted by atomic mass is 9.76. The van der Waals surface area contributed by atoms with E-state index in [0.29, 0.717) is 10.8 Å². The van der Waals surface area contributed by atoms with Gasteiger partial charge >= 0.3 is 0 Å². The lowest BCUT2D eigenvalue weighted by molar-refractivity contribution is -0.0714. The maximum Gasteiger partial charge on any atom is 0.129 e. The maximum absolute atomic E-state index is 6.22. The number of halogens is 1. The molecule has 1 aromatic heterocycles. The van der Waals surface area contributed by atoms with Gasteiger partial charge in [0.05, 0.1) is 11.3 Å². The Kier molecular flexibility index (Phi) is 3.68. The van der Waals surface area contributed by atoms with E-state index in [4.69, 9.17) is 22.1 Å². The highest BCUT2D eigenvalue weighted by atomic mass is 35.5. The van der Waals surface area contributed by atoms with Gasteiger partial charge in [0.25, 0.3) is 0 Å². The number of hydrogen-bond donors (Lipinski definition) is 1. The second-order valence-corrected chi connectivity index (χ2v) is 6.19. The van der Waals surface area contributed by atoms with E-state index in [1.165, 1.54) is 6.42 Å². The Labute approximate surface area is 129 Å². The van der Waals surface area contributed by atoms with E-state index in [9.17, 15) is 0 Å². The zero-order valence-corrected chi connectivity index (χ0v) is 13.2. The molecule has 2 aromatic rings. The lowest BCUT2D eigenvalue weighted by Gasteiger charge is -2.40. The number of nitrogens with two attached hydrogens (primary N) is 1. The van der Waals surface area contributed by atoms with Gasteiger partial charge in [0.15, 0.2) is 0 Å². The molecule has 112 valence electrons. The molecule has 1 aliphatic carbocycles. The molecular weight excluding hydrogens is 286 g/mol. The zero-order chi connectivity index (χ0) is 15.0. The highest BCUT2D eigenvalue weighted by molar-refractivity contribution is 6.30. The molecule has 1 fully saturated rings. The minimum absolute atomic E-state index is 0.0753. The van der Waals surface area contributed by atoms with Crippen molar-refractivity contribution in [3.05, 3.63) is 35.0 Å². The SMILES string of the molecule is COC1(Cc2nn(C)c(N)c2-c2cccc(Cl)c2)CCC1. The minimum atomic E-state index is -0.0753. The van der Waals surface area contributed by atoms with Gasteiger partial charge in [-0.15, -0.1) is 0 Å². The van der Waals surface area contributed by atoms with Crippen molar-refractivity contribution < 1.29 is 4.74 Å². The molecule has 0 amide bonds. The summed E-state index contributed by atoms with van der Waals surface area (Å²) in [4.78, 5) is 0. The van der Waals surface area contributed by atoms with Crippen LogP contribution in [0.3, 0.4) is 0 Å². The van der Waals surface area contributed by atoms with Gasteiger partial charge in [-0.25, -0.2) is 0 Å². The van der Waals surface area contributed by atoms with Crippen LogP contribution in [0.5, 0.6) is 0 Å². The fourth-order valence-electron chi connectivity index (χ4n) is 3.01. The highest BCUT2D eigenvalue weighted by Crippen LogP contribution is 2.41. The third-order valence-electron chi connectivity index (χ3n) is 4.46. The molecule has 0 atom stereocenters. The van der Waals surface area contributed by atoms with Gasteiger partial charge in [0, 0.05) is 31.2 Å². The van der Waals surface area contributed by atoms with Gasteiger partial charge in [-0.3, -0.25) is 4.68 Å². The molecule has 4 nitrogen and oxygen atoms in total. The molecule has 1 aromatic carbocycles. The Bertz CT molecular complexity index is 656. The van der Waals surface area contributed by atoms with Gasteiger partial charge in [0.2, 0.25) is 0 Å². The van der Waals surface area contributed by atoms with Crippen molar-refractivity contribution in [3.8, 4) is 11.1 Å². The van der Waals surface area contributed by atoms with Gasteiger partial charge in [-0.05, 0) is 37.0 Å². The van der Waals surface area contributed by atoms with Crippen molar-refractivity contribution in [2.24, 2.45) is 7.05 Å². The van der Waals surface area contributed by atoms with Crippen LogP contribution in [0.1, 0.15) is 25.0 Å². The molecule has 5 heteroatoms. The first-order valence-electron chi connectivity index (χ1n) is 7.17. The fourth-order valence-corrected chi connectivity index (χ4v) is 3.20. The van der Waals surface area contributed by atoms with Crippen molar-refractivity contribution in [2.45, 2.75) is 31.3 Å². The molecule has 0 spiro atoms. The van der Waals surface area contributed by atoms with E-state index in [-0.39, 0.29) is 5.60 Å². The monoisotopic (exact) mass is 305 g/mol. The summed E-state index contributed by atoms with van der Waals surface area (Å²) in [6.07, 6.45) is 4.16. The number of nitrogens with zero attached hydrogens (tertiary/aromatic N) is 2. The molecule has 2 N–H and O–H groups in total. The second kappa shape index (κ2) is 5.35. The van der Waals surface area contributed by atoms with Crippen LogP contribution in [0.2, 0.25) is 5.02 Å². The summed E-state index contributed by atoms with van der Waals surface area (Å²) in [6, 6.07) is 7.74. The fraction of sp³-hybridized carbons (Fsp3) is 0.438. The third-order valence-corrected chi connectivity index (χ3v) is 4.70. The van der Waals surface area contributed by atoms with Gasteiger partial charge < -0.3 is 10.5 Å². The molecule has 1 aliphatic rings. The third kappa shape index (κ3) is 2.54. The standard InChI is InChI=1S/C16H20ClN3O/c1-20-15(18)14(11-5-3-6-12(17)9-11)13(19-20)10-16(21-2)7-4-8-16/h3,5-6,9H,4,7-8,10,18H2,1-2H3. The van der Waals surface area contributed by atoms with E-state index >= 15 is 0 Å². The van der Waals surface area contributed by atoms with Crippen LogP contribution in [0, 0.1) is 0 Å². The van der Waals surface area contributed by atoms with Crippen LogP contribution in [-0.2, 0) is 18.2 Å². The molecule has 0 unspecified atom stereocenters. The van der Waals surface area contributed by atoms with E-state index in [1.54, 1.807) is 11.8 Å². The van der Waals surface area contributed by atoms with Crippen LogP contribution < -0.4 is 5.73 Å². The average Bonchev–Trinajstić information content (AvgIpc) is 2.69. The number of methoxy groups -OCH3 is 1. The van der Waals surface area contributed by atoms with Gasteiger partial charge in [-0.1, -0.05) is 23.7 Å². The van der Waals surface area contributed by atoms with E-state index in [1.807, 2.05) is 31.3 Å². The van der Waals surface area contributed by atoms with Gasteiger partial charge in [0.1, 0.15) is 5.82 Å². The number of hydrogen-bond acceptors (Lipinski definition) is 3. The molecule has 0 bridgehead atoms. The van der Waals surface area contributed by atoms with Crippen molar-refractivity contribution in [2.75, 3.05) is 12.8 Å². The molecule has 1 saturated carbocycles. The zero-order valence-electron chi connectivity index (χ0n) is 12.4. The summed E-state index contributed by atoms with van der Waals surface area (Å²) >= 11 is 6.11. The van der Waals surface area contributed by atoms with E-state index in [2.05, 4.69) is 5.10 Å². The average molecular weight is 306 g/mol. The normalized spacial score (nSPS) is 16.7. The van der Waals surface area contributed by atoms with Crippen molar-refractivity contribution in [1.82, 2.24) is 9.78 Å². The number of anilines is 1. The number of aromatic nitrogens is 2. The number of ether oxygens (including phenoxy) is 1. The molecule has 0 aliphatic heterocycles. The summed E-state index contributed by atoms with van der Waals surface area (Å²) in [5.74, 6) is 0.665. The highest BCUT2D eigenvalue weighted by Gasteiger charge is 2.39. The Balaban J connectivity index is 2.03. The van der Waals surface area contributed by atoms with Crippen LogP contribution in [0.4, 0.5) is 5.82 Å². The second-order valence-electron chi connectivity index (χ2n) is 5.76. The molecule has 0 radical (unpaired) electrons. The predicted octanol–water partition coefficient (Wildman–Crippen LogP) is 3.43. The number of benzene rings is 1. The summed E-state index contributed by atoms with van der Waals surface area (Å²) in [5, 5.41) is 5.30. The maximum atomic E-state index is 6.22. The van der Waals surface area contributed by atoms with E-state index < -0.39 is 0 Å². The summed E-state index contributed by atoms with van der Waals surface area (Å²) in [5.41, 5.74) is 9.11. The van der Waals surface area contributed by atoms with E-state index in [0.717, 1.165) is 36.1 Å². The topological polar surface area (TPSA) is 53.1 Å². The first-order valence-corrected chi connectivity index (χ1v) is 7.55. The molecule has 1 heterocycles. The minimum Gasteiger partial charge on any atom is -0.383 e. The first kappa shape index (κ1) is 14.4. The quantitative estimate of drug-likeness (QED) is 0.941. The number of aryl methyl sites for hydroxylation is 1. The van der Waals surface area contributed by atoms with Crippen LogP contribution in [0.15, 0.2) is 24.3 Å². The molecular formula is C16H20ClN3O. The summed E-state index contributed by atoms with van der Waals surface area (Å²) in [7, 11) is 3.65. The van der Waals surface area contributed by atoms with Crippen LogP contribution in [0.25, 0.3) is 11.1 Å². The Morgan fingerprint density at radius 3 is 2.76 bits per heavy atom. The number of rotatable bonds is 4. The first-order chi connectivity index (χ1) is 10.0. The van der Waals surface area contributed by atoms with Gasteiger partial charge in [-0.2, -0.15) is 5.10 Å². The summed E-state index contributed by atoms with van der Waals surface area (Å²) in [6.45, 7) is 0. The van der Waals surface area contributed by atoms with Crippen molar-refractivity contribution in [3.63, 3.8) is 0 Å². The lowest BCUT2D eigenvalue weighted by Crippen LogP contribution is -2.41. The van der Waals surface area contributed by atoms with Crippen LogP contribution >= 0.6 is 11.6 Å². The molecule has 0 saturated heterocycles. The Morgan fingerprint density at radius 2 is 2.19 bits per heavy atom. The predicted molar refractivity (Wildman–Crippen MR) is 85.4 cm³/mol. The van der Waals surface area contributed by atoms with Crippen molar-refractivity contribution in [1.29, 1.82) is 0 Å². The Morgan fingerprint density at radius 1 is 1.43 bits per heavy atom. The van der Waals surface area contributed by atoms with Crippen LogP contribution in [-0.4, -0.2) is 22.5 Å². The summed E-state index contributed by atoms with van der Waals surface area (Å²) < 4.78 is 7.46. The van der Waals surface area contributed by atoms with Crippen molar-refractivity contribution >= 4 is 17.4 Å². The number of nitrogen functional groups attached to an aromatic ring is 1. The smallest absolute Gasteiger partial charge is 0.129 e. The molecule has 21 heavy (non-hydrogen) atoms. The Hall–Kier alpha value is -1.52. The largest absolute Gasteiger partial charge is 0.383 e. The molecule has 3 rings (SSSR count).